The minimum atomic E-state index is -1.86. The fourth-order valence-electron chi connectivity index (χ4n) is 9.14. The van der Waals surface area contributed by atoms with E-state index in [2.05, 4.69) is 12.2 Å². The summed E-state index contributed by atoms with van der Waals surface area (Å²) < 4.78 is 19.7. The lowest BCUT2D eigenvalue weighted by atomic mass is 9.85. The van der Waals surface area contributed by atoms with Gasteiger partial charge in [0.25, 0.3) is 5.60 Å². The number of hydrogen-bond donors (Lipinski definition) is 1. The molecular weight excluding hydrogens is 673 g/mol. The van der Waals surface area contributed by atoms with Gasteiger partial charge in [-0.25, -0.2) is 9.59 Å². The Labute approximate surface area is 316 Å². The molecule has 3 aliphatic heterocycles. The molecule has 3 unspecified atom stereocenters. The van der Waals surface area contributed by atoms with Crippen LogP contribution in [0.4, 0.5) is 4.79 Å². The van der Waals surface area contributed by atoms with Gasteiger partial charge in [0.15, 0.2) is 0 Å². The lowest BCUT2D eigenvalue weighted by Gasteiger charge is -2.47. The van der Waals surface area contributed by atoms with Crippen LogP contribution in [0.2, 0.25) is 0 Å². The zero-order chi connectivity index (χ0) is 36.7. The first-order valence-corrected chi connectivity index (χ1v) is 21.6. The second-order valence-corrected chi connectivity index (χ2v) is 16.2. The third-order valence-electron chi connectivity index (χ3n) is 11.8. The third kappa shape index (κ3) is 10.3. The van der Waals surface area contributed by atoms with Crippen LogP contribution in [-0.4, -0.2) is 78.4 Å². The minimum absolute atomic E-state index is 0.0476. The van der Waals surface area contributed by atoms with Crippen LogP contribution in [0.25, 0.3) is 0 Å². The van der Waals surface area contributed by atoms with Crippen LogP contribution in [-0.2, 0) is 29.4 Å². The van der Waals surface area contributed by atoms with Crippen LogP contribution in [0.1, 0.15) is 127 Å². The second-order valence-electron chi connectivity index (χ2n) is 15.3. The molecule has 52 heavy (non-hydrogen) atoms. The highest BCUT2D eigenvalue weighted by molar-refractivity contribution is 7.98. The van der Waals surface area contributed by atoms with E-state index in [0.717, 1.165) is 32.1 Å². The number of hydrogen-bond acceptors (Lipinski definition) is 7. The van der Waals surface area contributed by atoms with E-state index in [1.165, 1.54) is 100.0 Å². The molecule has 9 heteroatoms. The molecule has 5 rings (SSSR count). The Kier molecular flexibility index (Phi) is 15.8. The van der Waals surface area contributed by atoms with Crippen molar-refractivity contribution in [2.45, 2.75) is 146 Å². The number of carbonyl (C=O) groups excluding carboxylic acids is 3. The predicted molar refractivity (Wildman–Crippen MR) is 208 cm³/mol. The summed E-state index contributed by atoms with van der Waals surface area (Å²) in [4.78, 5) is 41.2. The second kappa shape index (κ2) is 20.4. The molecule has 0 radical (unpaired) electrons. The van der Waals surface area contributed by atoms with Gasteiger partial charge in [0.1, 0.15) is 12.2 Å². The summed E-state index contributed by atoms with van der Waals surface area (Å²) >= 11 is 1.52. The summed E-state index contributed by atoms with van der Waals surface area (Å²) in [5.41, 5.74) is -0.869. The molecule has 0 aromatic heterocycles. The molecular formula is C43H63N2O6S+. The molecule has 2 aromatic carbocycles. The number of carbonyl (C=O) groups is 3. The Morgan fingerprint density at radius 3 is 1.88 bits per heavy atom. The van der Waals surface area contributed by atoms with Gasteiger partial charge >= 0.3 is 12.1 Å². The van der Waals surface area contributed by atoms with E-state index in [1.54, 1.807) is 24.3 Å². The number of unbranched alkanes of at least 4 members (excludes halogenated alkanes) is 9. The number of thioether (sulfide) groups is 1. The van der Waals surface area contributed by atoms with Crippen LogP contribution in [0, 0.1) is 0 Å². The lowest BCUT2D eigenvalue weighted by Crippen LogP contribution is -2.60. The zero-order valence-corrected chi connectivity index (χ0v) is 32.6. The van der Waals surface area contributed by atoms with Crippen molar-refractivity contribution in [2.75, 3.05) is 31.6 Å². The molecule has 3 fully saturated rings. The molecule has 3 atom stereocenters. The van der Waals surface area contributed by atoms with Crippen molar-refractivity contribution in [1.29, 1.82) is 0 Å². The van der Waals surface area contributed by atoms with E-state index in [1.807, 2.05) is 42.7 Å². The maximum absolute atomic E-state index is 14.7. The molecule has 3 heterocycles. The number of nitrogens with zero attached hydrogens (tertiary/aromatic N) is 1. The zero-order valence-electron chi connectivity index (χ0n) is 31.7. The first-order chi connectivity index (χ1) is 25.4. The number of amides is 1. The molecule has 2 bridgehead atoms. The Bertz CT molecular complexity index is 1330. The summed E-state index contributed by atoms with van der Waals surface area (Å²) in [7, 11) is 0. The Morgan fingerprint density at radius 2 is 1.35 bits per heavy atom. The molecule has 1 spiro atoms. The highest BCUT2D eigenvalue weighted by Gasteiger charge is 2.57. The number of quaternary nitrogens is 1. The monoisotopic (exact) mass is 735 g/mol. The fourth-order valence-corrected chi connectivity index (χ4v) is 9.70. The summed E-state index contributed by atoms with van der Waals surface area (Å²) in [5, 5.41) is 2.96. The first-order valence-electron chi connectivity index (χ1n) is 20.2. The lowest BCUT2D eigenvalue weighted by molar-refractivity contribution is -0.956. The van der Waals surface area contributed by atoms with E-state index in [-0.39, 0.29) is 18.6 Å². The predicted octanol–water partition coefficient (Wildman–Crippen LogP) is 9.09. The maximum Gasteiger partial charge on any atom is 0.510 e. The van der Waals surface area contributed by atoms with Crippen LogP contribution in [0.15, 0.2) is 60.7 Å². The number of benzene rings is 2. The highest BCUT2D eigenvalue weighted by atomic mass is 32.2. The van der Waals surface area contributed by atoms with Crippen molar-refractivity contribution in [3.63, 3.8) is 0 Å². The number of rotatable bonds is 21. The van der Waals surface area contributed by atoms with E-state index >= 15 is 0 Å². The maximum atomic E-state index is 14.7. The van der Waals surface area contributed by atoms with Gasteiger partial charge in [-0.1, -0.05) is 125 Å². The van der Waals surface area contributed by atoms with Crippen LogP contribution in [0.5, 0.6) is 0 Å². The molecule has 3 saturated heterocycles. The minimum Gasteiger partial charge on any atom is -0.458 e. The van der Waals surface area contributed by atoms with Gasteiger partial charge in [0.2, 0.25) is 5.91 Å². The van der Waals surface area contributed by atoms with Crippen LogP contribution in [0.3, 0.4) is 0 Å². The normalized spacial score (nSPS) is 21.1. The largest absolute Gasteiger partial charge is 0.510 e. The SMILES string of the molecule is CCCCCCCCCCCCC(=O)NCC(CSC)OC(=O)OC(C(=O)OC1CC2CCC(C1)[N+]21CCCC1)(c1ccccc1)c1ccccc1. The van der Waals surface area contributed by atoms with Crippen LogP contribution >= 0.6 is 11.8 Å². The van der Waals surface area contributed by atoms with Gasteiger partial charge in [-0.2, -0.15) is 11.8 Å². The van der Waals surface area contributed by atoms with E-state index in [0.29, 0.717) is 35.4 Å². The fraction of sp³-hybridized carbons (Fsp3) is 0.651. The average molecular weight is 736 g/mol. The third-order valence-corrected chi connectivity index (χ3v) is 12.5. The van der Waals surface area contributed by atoms with E-state index in [4.69, 9.17) is 14.2 Å². The van der Waals surface area contributed by atoms with Crippen molar-refractivity contribution in [3.8, 4) is 0 Å². The van der Waals surface area contributed by atoms with Crippen molar-refractivity contribution in [2.24, 2.45) is 0 Å². The van der Waals surface area contributed by atoms with Crippen molar-refractivity contribution >= 4 is 29.8 Å². The Hall–Kier alpha value is -3.04. The molecule has 3 aliphatic rings. The molecule has 286 valence electrons. The molecule has 8 nitrogen and oxygen atoms in total. The average Bonchev–Trinajstić information content (AvgIpc) is 3.70. The Morgan fingerprint density at radius 1 is 0.808 bits per heavy atom. The number of ether oxygens (including phenoxy) is 3. The molecule has 2 aromatic rings. The van der Waals surface area contributed by atoms with Gasteiger partial charge in [0, 0.05) is 61.8 Å². The number of esters is 1. The quantitative estimate of drug-likeness (QED) is 0.0777. The molecule has 0 aliphatic carbocycles. The van der Waals surface area contributed by atoms with E-state index < -0.39 is 23.8 Å². The van der Waals surface area contributed by atoms with Gasteiger partial charge in [-0.15, -0.1) is 0 Å². The van der Waals surface area contributed by atoms with E-state index in [9.17, 15) is 14.4 Å². The van der Waals surface area contributed by atoms with Gasteiger partial charge in [-0.3, -0.25) is 4.79 Å². The number of piperidine rings is 1. The smallest absolute Gasteiger partial charge is 0.458 e. The summed E-state index contributed by atoms with van der Waals surface area (Å²) in [6, 6.07) is 19.3. The van der Waals surface area contributed by atoms with Crippen LogP contribution < -0.4 is 5.32 Å². The number of nitrogens with one attached hydrogen (secondary N) is 1. The Balaban J connectivity index is 1.20. The summed E-state index contributed by atoms with van der Waals surface area (Å²) in [6.45, 7) is 4.89. The first kappa shape index (κ1) is 40.2. The van der Waals surface area contributed by atoms with Gasteiger partial charge in [-0.05, 0) is 12.7 Å². The summed E-state index contributed by atoms with van der Waals surface area (Å²) in [6.07, 6.45) is 19.2. The topological polar surface area (TPSA) is 90.9 Å². The molecule has 1 amide bonds. The standard InChI is InChI=1S/C43H62N2O6S/c1-3-4-5-6-7-8-9-10-11-18-25-40(46)44-32-39(33-52-2)50-42(48)51-43(34-21-14-12-15-22-34,35-23-16-13-17-24-35)41(47)49-38-30-36-26-27-37(31-38)45(36)28-19-20-29-45/h12-17,21-24,36-39H,3-11,18-20,25-33H2,1-2H3/p+1. The van der Waals surface area contributed by atoms with Crippen molar-refractivity contribution < 1.29 is 33.1 Å². The highest BCUT2D eigenvalue weighted by Crippen LogP contribution is 2.47. The van der Waals surface area contributed by atoms with Crippen molar-refractivity contribution in [1.82, 2.24) is 5.32 Å². The molecule has 1 N–H and O–H groups in total. The summed E-state index contributed by atoms with van der Waals surface area (Å²) in [5.74, 6) is -0.187. The van der Waals surface area contributed by atoms with Gasteiger partial charge in [0.05, 0.1) is 31.7 Å². The molecule has 0 saturated carbocycles. The van der Waals surface area contributed by atoms with Gasteiger partial charge < -0.3 is 24.0 Å². The van der Waals surface area contributed by atoms with Crippen molar-refractivity contribution in [3.05, 3.63) is 71.8 Å².